The summed E-state index contributed by atoms with van der Waals surface area (Å²) in [6.07, 6.45) is 0.351. The van der Waals surface area contributed by atoms with Gasteiger partial charge in [-0.25, -0.2) is 0 Å². The number of carbonyl (C=O) groups excluding carboxylic acids is 1. The molecule has 0 aromatic rings. The molecule has 0 amide bonds. The second kappa shape index (κ2) is 6.58. The van der Waals surface area contributed by atoms with Crippen LogP contribution in [-0.2, 0) is 19.0 Å². The molecule has 0 spiro atoms. The minimum Gasteiger partial charge on any atom is -0.463 e. The third-order valence-electron chi connectivity index (χ3n) is 2.47. The number of carbonyl (C=O) groups is 1. The molecule has 0 bridgehead atoms. The van der Waals surface area contributed by atoms with Crippen LogP contribution in [0, 0.1) is 0 Å². The zero-order chi connectivity index (χ0) is 13.6. The Morgan fingerprint density at radius 1 is 1.44 bits per heavy atom. The largest absolute Gasteiger partial charge is 0.463 e. The molecule has 1 rings (SSSR count). The van der Waals surface area contributed by atoms with E-state index in [1.165, 1.54) is 0 Å². The summed E-state index contributed by atoms with van der Waals surface area (Å²) in [5, 5.41) is 3.47. The van der Waals surface area contributed by atoms with Crippen LogP contribution in [0.2, 0.25) is 0 Å². The van der Waals surface area contributed by atoms with E-state index >= 15 is 0 Å². The predicted molar refractivity (Wildman–Crippen MR) is 63.7 cm³/mol. The van der Waals surface area contributed by atoms with Crippen LogP contribution in [0.1, 0.15) is 33.6 Å². The number of ether oxygens (including phenoxy) is 3. The Balaban J connectivity index is 2.50. The first-order valence-corrected chi connectivity index (χ1v) is 6.00. The van der Waals surface area contributed by atoms with Crippen LogP contribution in [0.25, 0.3) is 10.4 Å². The molecule has 0 aliphatic carbocycles. The Bertz CT molecular complexity index is 339. The van der Waals surface area contributed by atoms with E-state index in [0.29, 0.717) is 6.42 Å². The van der Waals surface area contributed by atoms with E-state index in [2.05, 4.69) is 10.0 Å². The number of rotatable bonds is 6. The van der Waals surface area contributed by atoms with Crippen molar-refractivity contribution in [2.45, 2.75) is 51.6 Å². The van der Waals surface area contributed by atoms with Crippen molar-refractivity contribution in [3.05, 3.63) is 10.4 Å². The van der Waals surface area contributed by atoms with Gasteiger partial charge in [0.25, 0.3) is 0 Å². The van der Waals surface area contributed by atoms with Crippen molar-refractivity contribution in [3.63, 3.8) is 0 Å². The van der Waals surface area contributed by atoms with Crippen molar-refractivity contribution in [2.24, 2.45) is 5.11 Å². The summed E-state index contributed by atoms with van der Waals surface area (Å²) in [5.74, 6) is -1.01. The molecule has 0 radical (unpaired) electrons. The third-order valence-corrected chi connectivity index (χ3v) is 2.47. The fourth-order valence-corrected chi connectivity index (χ4v) is 1.77. The van der Waals surface area contributed by atoms with Gasteiger partial charge in [0.2, 0.25) is 0 Å². The summed E-state index contributed by atoms with van der Waals surface area (Å²) in [6.45, 7) is 5.72. The quantitative estimate of drug-likeness (QED) is 0.315. The molecule has 0 unspecified atom stereocenters. The topological polar surface area (TPSA) is 93.5 Å². The van der Waals surface area contributed by atoms with Crippen molar-refractivity contribution >= 4 is 5.97 Å². The highest BCUT2D eigenvalue weighted by molar-refractivity contribution is 5.69. The van der Waals surface area contributed by atoms with Gasteiger partial charge in [0.05, 0.1) is 12.6 Å². The van der Waals surface area contributed by atoms with Gasteiger partial charge in [-0.05, 0) is 25.8 Å². The van der Waals surface area contributed by atoms with E-state index in [-0.39, 0.29) is 25.2 Å². The third kappa shape index (κ3) is 4.52. The highest BCUT2D eigenvalue weighted by Gasteiger charge is 2.41. The first kappa shape index (κ1) is 14.8. The Labute approximate surface area is 106 Å². The minimum atomic E-state index is -0.753. The van der Waals surface area contributed by atoms with E-state index in [1.54, 1.807) is 13.8 Å². The van der Waals surface area contributed by atoms with Crippen LogP contribution in [0.5, 0.6) is 0 Å². The van der Waals surface area contributed by atoms with Gasteiger partial charge in [0, 0.05) is 11.3 Å². The maximum absolute atomic E-state index is 11.3. The molecule has 0 aromatic carbocycles. The highest BCUT2D eigenvalue weighted by Crippen LogP contribution is 2.28. The van der Waals surface area contributed by atoms with E-state index in [9.17, 15) is 4.79 Å². The van der Waals surface area contributed by atoms with E-state index in [0.717, 1.165) is 6.42 Å². The van der Waals surface area contributed by atoms with Crippen LogP contribution >= 0.6 is 0 Å². The first-order chi connectivity index (χ1) is 8.48. The summed E-state index contributed by atoms with van der Waals surface area (Å²) >= 11 is 0. The SMILES string of the molecule is CCCC(=O)OC[C@@H]1OC(C)(C)O[C@@H]1CN=[N+]=[N-]. The molecule has 0 aromatic heterocycles. The molecule has 7 nitrogen and oxygen atoms in total. The van der Waals surface area contributed by atoms with Gasteiger partial charge >= 0.3 is 5.97 Å². The molecule has 102 valence electrons. The predicted octanol–water partition coefficient (Wildman–Crippen LogP) is 2.16. The van der Waals surface area contributed by atoms with Gasteiger partial charge in [0.1, 0.15) is 12.7 Å². The fraction of sp³-hybridized carbons (Fsp3) is 0.909. The maximum atomic E-state index is 11.3. The Hall–Kier alpha value is -1.30. The first-order valence-electron chi connectivity index (χ1n) is 6.00. The summed E-state index contributed by atoms with van der Waals surface area (Å²) in [5.41, 5.74) is 8.31. The molecule has 1 fully saturated rings. The Morgan fingerprint density at radius 3 is 2.72 bits per heavy atom. The van der Waals surface area contributed by atoms with Gasteiger partial charge in [-0.3, -0.25) is 4.79 Å². The van der Waals surface area contributed by atoms with Gasteiger partial charge < -0.3 is 14.2 Å². The minimum absolute atomic E-state index is 0.119. The van der Waals surface area contributed by atoms with Crippen molar-refractivity contribution < 1.29 is 19.0 Å². The number of esters is 1. The molecular formula is C11H19N3O4. The molecule has 1 aliphatic heterocycles. The summed E-state index contributed by atoms with van der Waals surface area (Å²) in [7, 11) is 0. The molecule has 0 N–H and O–H groups in total. The van der Waals surface area contributed by atoms with Gasteiger partial charge in [-0.1, -0.05) is 12.0 Å². The number of hydrogen-bond acceptors (Lipinski definition) is 5. The van der Waals surface area contributed by atoms with Crippen molar-refractivity contribution in [3.8, 4) is 0 Å². The average Bonchev–Trinajstić information content (AvgIpc) is 2.59. The lowest BCUT2D eigenvalue weighted by molar-refractivity contribution is -0.159. The van der Waals surface area contributed by atoms with E-state index < -0.39 is 11.9 Å². The second-order valence-corrected chi connectivity index (χ2v) is 4.56. The Kier molecular flexibility index (Phi) is 5.40. The zero-order valence-corrected chi connectivity index (χ0v) is 11.0. The highest BCUT2D eigenvalue weighted by atomic mass is 16.8. The van der Waals surface area contributed by atoms with Gasteiger partial charge in [-0.2, -0.15) is 0 Å². The molecule has 7 heteroatoms. The van der Waals surface area contributed by atoms with Crippen LogP contribution in [0.4, 0.5) is 0 Å². The van der Waals surface area contributed by atoms with Gasteiger partial charge in [0.15, 0.2) is 5.79 Å². The van der Waals surface area contributed by atoms with E-state index in [4.69, 9.17) is 19.7 Å². The van der Waals surface area contributed by atoms with Crippen molar-refractivity contribution in [2.75, 3.05) is 13.2 Å². The van der Waals surface area contributed by atoms with Crippen LogP contribution in [0.15, 0.2) is 5.11 Å². The normalized spacial score (nSPS) is 25.5. The van der Waals surface area contributed by atoms with Crippen LogP contribution in [-0.4, -0.2) is 37.1 Å². The summed E-state index contributed by atoms with van der Waals surface area (Å²) in [6, 6.07) is 0. The van der Waals surface area contributed by atoms with Crippen molar-refractivity contribution in [1.29, 1.82) is 0 Å². The molecule has 1 heterocycles. The average molecular weight is 257 g/mol. The zero-order valence-electron chi connectivity index (χ0n) is 11.0. The van der Waals surface area contributed by atoms with Crippen LogP contribution in [0.3, 0.4) is 0 Å². The second-order valence-electron chi connectivity index (χ2n) is 4.56. The molecule has 18 heavy (non-hydrogen) atoms. The molecule has 0 saturated carbocycles. The molecule has 2 atom stereocenters. The maximum Gasteiger partial charge on any atom is 0.305 e. The van der Waals surface area contributed by atoms with Crippen LogP contribution < -0.4 is 0 Å². The summed E-state index contributed by atoms with van der Waals surface area (Å²) in [4.78, 5) is 14.0. The lowest BCUT2D eigenvalue weighted by Gasteiger charge is -2.16. The molecule has 1 saturated heterocycles. The van der Waals surface area contributed by atoms with E-state index in [1.807, 2.05) is 6.92 Å². The molecular weight excluding hydrogens is 238 g/mol. The Morgan fingerprint density at radius 2 is 2.11 bits per heavy atom. The smallest absolute Gasteiger partial charge is 0.305 e. The molecule has 1 aliphatic rings. The van der Waals surface area contributed by atoms with Crippen molar-refractivity contribution in [1.82, 2.24) is 0 Å². The monoisotopic (exact) mass is 257 g/mol. The fourth-order valence-electron chi connectivity index (χ4n) is 1.77. The number of nitrogens with zero attached hydrogens (tertiary/aromatic N) is 3. The number of hydrogen-bond donors (Lipinski definition) is 0. The van der Waals surface area contributed by atoms with Gasteiger partial charge in [-0.15, -0.1) is 0 Å². The standard InChI is InChI=1S/C11H19N3O4/c1-4-5-10(15)16-7-9-8(6-13-14-12)17-11(2,3)18-9/h8-9H,4-7H2,1-3H3/t8-,9+/m1/s1. The lowest BCUT2D eigenvalue weighted by atomic mass is 10.2. The lowest BCUT2D eigenvalue weighted by Crippen LogP contribution is -2.31. The summed E-state index contributed by atoms with van der Waals surface area (Å²) < 4.78 is 16.3. The number of azide groups is 1.